The first-order valence-electron chi connectivity index (χ1n) is 6.22. The summed E-state index contributed by atoms with van der Waals surface area (Å²) in [5, 5.41) is 0. The molecule has 0 unspecified atom stereocenters. The summed E-state index contributed by atoms with van der Waals surface area (Å²) < 4.78 is 0. The highest BCUT2D eigenvalue weighted by molar-refractivity contribution is 4.88. The van der Waals surface area contributed by atoms with Gasteiger partial charge in [-0.15, -0.1) is 0 Å². The molecule has 0 bridgehead atoms. The molecule has 0 aromatic heterocycles. The lowest BCUT2D eigenvalue weighted by atomic mass is 10.4. The second-order valence-corrected chi connectivity index (χ2v) is 3.30. The van der Waals surface area contributed by atoms with E-state index in [0.717, 1.165) is 0 Å². The zero-order chi connectivity index (χ0) is 13.4. The second-order valence-electron chi connectivity index (χ2n) is 3.30. The SMILES string of the molecule is C=CC=C.CC.CCN(CC)CCN(C)C. The maximum absolute atomic E-state index is 3.36. The van der Waals surface area contributed by atoms with Crippen LogP contribution in [0.25, 0.3) is 0 Å². The van der Waals surface area contributed by atoms with Gasteiger partial charge >= 0.3 is 0 Å². The molecule has 0 aliphatic rings. The Morgan fingerprint density at radius 2 is 1.25 bits per heavy atom. The van der Waals surface area contributed by atoms with Gasteiger partial charge in [0.05, 0.1) is 0 Å². The maximum atomic E-state index is 3.36. The van der Waals surface area contributed by atoms with Crippen LogP contribution in [-0.4, -0.2) is 50.1 Å². The quantitative estimate of drug-likeness (QED) is 0.644. The normalized spacial score (nSPS) is 8.75. The highest BCUT2D eigenvalue weighted by atomic mass is 15.2. The third-order valence-electron chi connectivity index (χ3n) is 1.92. The molecule has 0 N–H and O–H groups in total. The van der Waals surface area contributed by atoms with Gasteiger partial charge in [0, 0.05) is 13.1 Å². The number of allylic oxidation sites excluding steroid dienone is 2. The molecular weight excluding hydrogens is 196 g/mol. The topological polar surface area (TPSA) is 6.48 Å². The van der Waals surface area contributed by atoms with E-state index in [9.17, 15) is 0 Å². The van der Waals surface area contributed by atoms with Crippen molar-refractivity contribution in [3.05, 3.63) is 25.3 Å². The van der Waals surface area contributed by atoms with Crippen molar-refractivity contribution in [3.63, 3.8) is 0 Å². The zero-order valence-corrected chi connectivity index (χ0v) is 12.3. The van der Waals surface area contributed by atoms with Crippen LogP contribution >= 0.6 is 0 Å². The molecule has 2 nitrogen and oxygen atoms in total. The average molecular weight is 228 g/mol. The molecule has 0 heterocycles. The summed E-state index contributed by atoms with van der Waals surface area (Å²) >= 11 is 0. The smallest absolute Gasteiger partial charge is 0.0109 e. The molecule has 0 aromatic carbocycles. The van der Waals surface area contributed by atoms with Crippen LogP contribution < -0.4 is 0 Å². The van der Waals surface area contributed by atoms with E-state index in [1.54, 1.807) is 12.2 Å². The number of hydrogen-bond donors (Lipinski definition) is 0. The maximum Gasteiger partial charge on any atom is 0.0109 e. The summed E-state index contributed by atoms with van der Waals surface area (Å²) in [7, 11) is 4.23. The molecule has 0 aliphatic carbocycles. The Hall–Kier alpha value is -0.600. The van der Waals surface area contributed by atoms with E-state index in [0.29, 0.717) is 0 Å². The van der Waals surface area contributed by atoms with Crippen LogP contribution in [0.3, 0.4) is 0 Å². The molecule has 16 heavy (non-hydrogen) atoms. The molecule has 0 amide bonds. The van der Waals surface area contributed by atoms with Crippen molar-refractivity contribution in [2.75, 3.05) is 40.3 Å². The fraction of sp³-hybridized carbons (Fsp3) is 0.714. The number of rotatable bonds is 6. The van der Waals surface area contributed by atoms with E-state index >= 15 is 0 Å². The van der Waals surface area contributed by atoms with E-state index in [1.807, 2.05) is 13.8 Å². The van der Waals surface area contributed by atoms with Gasteiger partial charge in [-0.2, -0.15) is 0 Å². The lowest BCUT2D eigenvalue weighted by Gasteiger charge is -2.20. The largest absolute Gasteiger partial charge is 0.308 e. The first-order chi connectivity index (χ1) is 7.62. The molecule has 0 aromatic rings. The van der Waals surface area contributed by atoms with Gasteiger partial charge in [-0.05, 0) is 27.2 Å². The summed E-state index contributed by atoms with van der Waals surface area (Å²) in [4.78, 5) is 4.65. The summed E-state index contributed by atoms with van der Waals surface area (Å²) in [6.45, 7) is 19.8. The molecule has 0 fully saturated rings. The highest BCUT2D eigenvalue weighted by Gasteiger charge is 1.97. The molecule has 0 rings (SSSR count). The summed E-state index contributed by atoms with van der Waals surface area (Å²) in [5.74, 6) is 0. The van der Waals surface area contributed by atoms with Crippen LogP contribution in [0, 0.1) is 0 Å². The summed E-state index contributed by atoms with van der Waals surface area (Å²) in [6, 6.07) is 0. The van der Waals surface area contributed by atoms with Gasteiger partial charge in [-0.1, -0.05) is 53.0 Å². The highest BCUT2D eigenvalue weighted by Crippen LogP contribution is 1.86. The van der Waals surface area contributed by atoms with E-state index in [-0.39, 0.29) is 0 Å². The lowest BCUT2D eigenvalue weighted by molar-refractivity contribution is 0.261. The van der Waals surface area contributed by atoms with Crippen molar-refractivity contribution in [1.29, 1.82) is 0 Å². The van der Waals surface area contributed by atoms with Gasteiger partial charge in [0.15, 0.2) is 0 Å². The number of nitrogens with zero attached hydrogens (tertiary/aromatic N) is 2. The van der Waals surface area contributed by atoms with Crippen molar-refractivity contribution >= 4 is 0 Å². The third kappa shape index (κ3) is 23.3. The Kier molecular flexibility index (Phi) is 25.8. The molecule has 98 valence electrons. The Labute approximate surface area is 104 Å². The van der Waals surface area contributed by atoms with Gasteiger partial charge in [0.25, 0.3) is 0 Å². The van der Waals surface area contributed by atoms with Crippen LogP contribution in [0.5, 0.6) is 0 Å². The zero-order valence-electron chi connectivity index (χ0n) is 12.3. The summed E-state index contributed by atoms with van der Waals surface area (Å²) in [6.07, 6.45) is 3.28. The summed E-state index contributed by atoms with van der Waals surface area (Å²) in [5.41, 5.74) is 0. The van der Waals surface area contributed by atoms with Crippen LogP contribution in [0.4, 0.5) is 0 Å². The van der Waals surface area contributed by atoms with Gasteiger partial charge in [0.1, 0.15) is 0 Å². The minimum atomic E-state index is 1.17. The molecule has 2 heteroatoms. The minimum Gasteiger partial charge on any atom is -0.308 e. The Balaban J connectivity index is -0.000000237. The third-order valence-corrected chi connectivity index (χ3v) is 1.92. The molecule has 0 aliphatic heterocycles. The lowest BCUT2D eigenvalue weighted by Crippen LogP contribution is -2.31. The van der Waals surface area contributed by atoms with Crippen molar-refractivity contribution in [1.82, 2.24) is 9.80 Å². The Morgan fingerprint density at radius 1 is 0.875 bits per heavy atom. The minimum absolute atomic E-state index is 1.17. The van der Waals surface area contributed by atoms with E-state index in [1.165, 1.54) is 26.2 Å². The Morgan fingerprint density at radius 3 is 1.44 bits per heavy atom. The van der Waals surface area contributed by atoms with E-state index in [2.05, 4.69) is 50.9 Å². The van der Waals surface area contributed by atoms with Gasteiger partial charge in [-0.3, -0.25) is 0 Å². The van der Waals surface area contributed by atoms with E-state index in [4.69, 9.17) is 0 Å². The fourth-order valence-corrected chi connectivity index (χ4v) is 0.881. The number of likely N-dealkylation sites (N-methyl/N-ethyl adjacent to an activating group) is 2. The van der Waals surface area contributed by atoms with Crippen molar-refractivity contribution in [2.45, 2.75) is 27.7 Å². The number of hydrogen-bond acceptors (Lipinski definition) is 2. The Bertz CT molecular complexity index is 121. The van der Waals surface area contributed by atoms with Crippen LogP contribution in [0.2, 0.25) is 0 Å². The molecule has 0 saturated carbocycles. The molecule has 0 spiro atoms. The standard InChI is InChI=1S/C8H20N2.C4H6.C2H6/c1-5-10(6-2)8-7-9(3)4;1-3-4-2;1-2/h5-8H2,1-4H3;3-4H,1-2H2;1-2H3. The monoisotopic (exact) mass is 228 g/mol. The molecule has 0 atom stereocenters. The molecular formula is C14H32N2. The van der Waals surface area contributed by atoms with Crippen LogP contribution in [0.1, 0.15) is 27.7 Å². The van der Waals surface area contributed by atoms with E-state index < -0.39 is 0 Å². The average Bonchev–Trinajstić information content (AvgIpc) is 2.33. The van der Waals surface area contributed by atoms with Crippen LogP contribution in [0.15, 0.2) is 25.3 Å². The van der Waals surface area contributed by atoms with Gasteiger partial charge in [-0.25, -0.2) is 0 Å². The molecule has 0 saturated heterocycles. The van der Waals surface area contributed by atoms with Gasteiger partial charge in [0.2, 0.25) is 0 Å². The van der Waals surface area contributed by atoms with Crippen molar-refractivity contribution in [2.24, 2.45) is 0 Å². The van der Waals surface area contributed by atoms with Crippen molar-refractivity contribution < 1.29 is 0 Å². The second kappa shape index (κ2) is 19.9. The van der Waals surface area contributed by atoms with Crippen LogP contribution in [-0.2, 0) is 0 Å². The first-order valence-corrected chi connectivity index (χ1v) is 6.22. The fourth-order valence-electron chi connectivity index (χ4n) is 0.881. The first kappa shape index (κ1) is 20.8. The van der Waals surface area contributed by atoms with Gasteiger partial charge < -0.3 is 9.80 Å². The van der Waals surface area contributed by atoms with Crippen molar-refractivity contribution in [3.8, 4) is 0 Å². The molecule has 0 radical (unpaired) electrons. The predicted molar refractivity (Wildman–Crippen MR) is 78.1 cm³/mol. The predicted octanol–water partition coefficient (Wildman–Crippen LogP) is 3.27.